The zero-order valence-electron chi connectivity index (χ0n) is 13.3. The van der Waals surface area contributed by atoms with Gasteiger partial charge in [0.25, 0.3) is 12.2 Å². The van der Waals surface area contributed by atoms with E-state index < -0.39 is 12.3 Å². The topological polar surface area (TPSA) is 64.6 Å². The minimum absolute atomic E-state index is 0. The maximum atomic E-state index is 12.4. The average molecular weight is 330 g/mol. The molecular formula is C18H13NNaO4. The number of benzene rings is 2. The van der Waals surface area contributed by atoms with Crippen molar-refractivity contribution in [1.82, 2.24) is 0 Å². The fourth-order valence-electron chi connectivity index (χ4n) is 2.92. The first-order chi connectivity index (χ1) is 11.1. The zero-order chi connectivity index (χ0) is 16.0. The Morgan fingerprint density at radius 2 is 1.75 bits per heavy atom. The van der Waals surface area contributed by atoms with Crippen molar-refractivity contribution in [2.45, 2.75) is 13.2 Å². The van der Waals surface area contributed by atoms with Crippen LogP contribution in [0.4, 0.5) is 5.69 Å². The van der Waals surface area contributed by atoms with Crippen molar-refractivity contribution in [2.24, 2.45) is 0 Å². The second-order valence-electron chi connectivity index (χ2n) is 5.35. The predicted molar refractivity (Wildman–Crippen MR) is 89.7 cm³/mol. The summed E-state index contributed by atoms with van der Waals surface area (Å²) in [7, 11) is 0. The van der Waals surface area contributed by atoms with Crippen molar-refractivity contribution in [3.63, 3.8) is 0 Å². The van der Waals surface area contributed by atoms with E-state index in [2.05, 4.69) is 5.32 Å². The maximum Gasteiger partial charge on any atom is 0.305 e. The molecule has 5 nitrogen and oxygen atoms in total. The van der Waals surface area contributed by atoms with Crippen LogP contribution in [-0.4, -0.2) is 41.4 Å². The Labute approximate surface area is 160 Å². The number of para-hydroxylation sites is 1. The number of hydrogen-bond acceptors (Lipinski definition) is 4. The minimum atomic E-state index is -0.827. The van der Waals surface area contributed by atoms with Crippen LogP contribution in [0, 0.1) is 0 Å². The Balaban J connectivity index is 0.00000169. The molecule has 1 radical (unpaired) electrons. The Kier molecular flexibility index (Phi) is 4.49. The van der Waals surface area contributed by atoms with Gasteiger partial charge in [-0.15, -0.1) is 0 Å². The van der Waals surface area contributed by atoms with Crippen molar-refractivity contribution < 1.29 is 19.1 Å². The smallest absolute Gasteiger partial charge is 0.305 e. The molecule has 0 spiro atoms. The van der Waals surface area contributed by atoms with Crippen LogP contribution in [0.15, 0.2) is 48.5 Å². The van der Waals surface area contributed by atoms with Gasteiger partial charge in [0, 0.05) is 58.9 Å². The monoisotopic (exact) mass is 330 g/mol. The van der Waals surface area contributed by atoms with Gasteiger partial charge in [-0.2, -0.15) is 0 Å². The Hall–Kier alpha value is -2.08. The fraction of sp³-hybridized carbons (Fsp3) is 0.111. The number of carbonyl (C=O) groups excluding carboxylic acids is 2. The van der Waals surface area contributed by atoms with E-state index in [0.717, 1.165) is 22.4 Å². The van der Waals surface area contributed by atoms with E-state index >= 15 is 0 Å². The molecule has 1 amide bonds. The molecule has 0 aliphatic carbocycles. The molecule has 0 aromatic heterocycles. The van der Waals surface area contributed by atoms with Crippen LogP contribution in [0.25, 0.3) is 11.3 Å². The number of ether oxygens (including phenoxy) is 2. The van der Waals surface area contributed by atoms with Gasteiger partial charge in [-0.25, -0.2) is 0 Å². The predicted octanol–water partition coefficient (Wildman–Crippen LogP) is 2.72. The molecular weight excluding hydrogens is 317 g/mol. The molecule has 0 saturated carbocycles. The number of rotatable bonds is 1. The van der Waals surface area contributed by atoms with Gasteiger partial charge in [0.1, 0.15) is 5.76 Å². The summed E-state index contributed by atoms with van der Waals surface area (Å²) in [5.41, 5.74) is 3.49. The third-order valence-corrected chi connectivity index (χ3v) is 3.86. The largest absolute Gasteiger partial charge is 0.449 e. The Morgan fingerprint density at radius 3 is 2.50 bits per heavy atom. The summed E-state index contributed by atoms with van der Waals surface area (Å²) in [6, 6.07) is 14.8. The van der Waals surface area contributed by atoms with Gasteiger partial charge in [-0.1, -0.05) is 42.5 Å². The van der Waals surface area contributed by atoms with Crippen LogP contribution in [0.2, 0.25) is 0 Å². The molecule has 6 heteroatoms. The molecule has 2 heterocycles. The first-order valence-corrected chi connectivity index (χ1v) is 7.23. The molecule has 1 N–H and O–H groups in total. The van der Waals surface area contributed by atoms with E-state index in [1.54, 1.807) is 0 Å². The van der Waals surface area contributed by atoms with Crippen LogP contribution in [0.1, 0.15) is 29.9 Å². The fourth-order valence-corrected chi connectivity index (χ4v) is 2.92. The van der Waals surface area contributed by atoms with Crippen LogP contribution in [-0.2, 0) is 19.1 Å². The Morgan fingerprint density at radius 1 is 1.08 bits per heavy atom. The van der Waals surface area contributed by atoms with Crippen molar-refractivity contribution in [3.8, 4) is 0 Å². The second kappa shape index (κ2) is 6.43. The average Bonchev–Trinajstić information content (AvgIpc) is 3.04. The number of nitrogens with one attached hydrogen (secondary N) is 1. The van der Waals surface area contributed by atoms with Crippen LogP contribution >= 0.6 is 0 Å². The summed E-state index contributed by atoms with van der Waals surface area (Å²) in [6.45, 7) is 1.33. The normalized spacial score (nSPS) is 20.4. The molecule has 1 unspecified atom stereocenters. The van der Waals surface area contributed by atoms with Crippen LogP contribution < -0.4 is 5.32 Å². The number of esters is 1. The number of amides is 1. The number of carbonyl (C=O) groups is 2. The summed E-state index contributed by atoms with van der Waals surface area (Å²) in [4.78, 5) is 23.7. The van der Waals surface area contributed by atoms with Gasteiger partial charge in [0.2, 0.25) is 0 Å². The van der Waals surface area contributed by atoms with Crippen molar-refractivity contribution in [3.05, 3.63) is 65.2 Å². The molecule has 2 aliphatic heterocycles. The molecule has 0 saturated heterocycles. The molecule has 1 atom stereocenters. The third-order valence-electron chi connectivity index (χ3n) is 3.86. The summed E-state index contributed by atoms with van der Waals surface area (Å²) in [6.07, 6.45) is -0.827. The molecule has 0 fully saturated rings. The summed E-state index contributed by atoms with van der Waals surface area (Å²) in [5, 5.41) is 2.83. The number of hydrogen-bond donors (Lipinski definition) is 1. The number of anilines is 1. The molecule has 2 aromatic carbocycles. The molecule has 4 rings (SSSR count). The molecule has 115 valence electrons. The standard InChI is InChI=1S/C18H13NO4.Na/c1-10(20)22-18-12-7-3-2-6-11(12)16(23-18)15-13-8-4-5-9-14(13)19-17(15)21;/h2-9,18H,1H3,(H,19,21);/b16-15+;. The van der Waals surface area contributed by atoms with Gasteiger partial charge < -0.3 is 14.8 Å². The minimum Gasteiger partial charge on any atom is -0.449 e. The SMILES string of the molecule is CC(=O)OC1O/C(=C2/C(=O)Nc3ccccc32)c2ccccc21.[Na]. The van der Waals surface area contributed by atoms with Crippen molar-refractivity contribution in [1.29, 1.82) is 0 Å². The molecule has 0 bridgehead atoms. The quantitative estimate of drug-likeness (QED) is 0.496. The molecule has 2 aromatic rings. The van der Waals surface area contributed by atoms with E-state index in [1.807, 2.05) is 48.5 Å². The van der Waals surface area contributed by atoms with Gasteiger partial charge in [0.15, 0.2) is 0 Å². The second-order valence-corrected chi connectivity index (χ2v) is 5.35. The summed E-state index contributed by atoms with van der Waals surface area (Å²) >= 11 is 0. The van der Waals surface area contributed by atoms with Crippen molar-refractivity contribution >= 4 is 58.5 Å². The van der Waals surface area contributed by atoms with Gasteiger partial charge in [0.05, 0.1) is 5.57 Å². The van der Waals surface area contributed by atoms with Gasteiger partial charge >= 0.3 is 5.97 Å². The maximum absolute atomic E-state index is 12.4. The van der Waals surface area contributed by atoms with Gasteiger partial charge in [-0.3, -0.25) is 9.59 Å². The van der Waals surface area contributed by atoms with Crippen LogP contribution in [0.5, 0.6) is 0 Å². The van der Waals surface area contributed by atoms with E-state index in [-0.39, 0.29) is 35.5 Å². The Bertz CT molecular complexity index is 875. The molecule has 2 aliphatic rings. The first-order valence-electron chi connectivity index (χ1n) is 7.23. The first kappa shape index (κ1) is 16.8. The van der Waals surface area contributed by atoms with E-state index in [9.17, 15) is 9.59 Å². The zero-order valence-corrected chi connectivity index (χ0v) is 15.3. The summed E-state index contributed by atoms with van der Waals surface area (Å²) in [5.74, 6) is -0.221. The van der Waals surface area contributed by atoms with Crippen LogP contribution in [0.3, 0.4) is 0 Å². The summed E-state index contributed by atoms with van der Waals surface area (Å²) < 4.78 is 11.1. The third kappa shape index (κ3) is 2.65. The van der Waals surface area contributed by atoms with E-state index in [1.165, 1.54) is 6.92 Å². The molecule has 24 heavy (non-hydrogen) atoms. The number of fused-ring (bicyclic) bond motifs is 2. The van der Waals surface area contributed by atoms with E-state index in [0.29, 0.717) is 11.3 Å². The van der Waals surface area contributed by atoms with Gasteiger partial charge in [-0.05, 0) is 6.07 Å². The van der Waals surface area contributed by atoms with E-state index in [4.69, 9.17) is 9.47 Å². The van der Waals surface area contributed by atoms with Crippen molar-refractivity contribution in [2.75, 3.05) is 5.32 Å².